The first kappa shape index (κ1) is 15.9. The Balaban J connectivity index is 2.24. The largest absolute Gasteiger partial charge is 0.469 e. The molecule has 1 heterocycles. The van der Waals surface area contributed by atoms with Gasteiger partial charge in [0.2, 0.25) is 5.16 Å². The molecule has 0 fully saturated rings. The Hall–Kier alpha value is -1.19. The van der Waals surface area contributed by atoms with Gasteiger partial charge in [0.1, 0.15) is 0 Å². The molecule has 1 aromatic heterocycles. The minimum Gasteiger partial charge on any atom is -0.469 e. The van der Waals surface area contributed by atoms with E-state index in [4.69, 9.17) is 4.74 Å². The van der Waals surface area contributed by atoms with Gasteiger partial charge in [0.15, 0.2) is 0 Å². The van der Waals surface area contributed by atoms with E-state index in [0.717, 1.165) is 13.1 Å². The molecule has 9 heteroatoms. The summed E-state index contributed by atoms with van der Waals surface area (Å²) in [6.07, 6.45) is 0.347. The highest BCUT2D eigenvalue weighted by Crippen LogP contribution is 2.14. The van der Waals surface area contributed by atoms with Crippen LogP contribution in [0.4, 0.5) is 0 Å². The molecule has 0 unspecified atom stereocenters. The van der Waals surface area contributed by atoms with Gasteiger partial charge in [-0.25, -0.2) is 4.68 Å². The summed E-state index contributed by atoms with van der Waals surface area (Å²) in [6, 6.07) is 0. The summed E-state index contributed by atoms with van der Waals surface area (Å²) in [7, 11) is 3.04. The van der Waals surface area contributed by atoms with Crippen molar-refractivity contribution in [1.82, 2.24) is 25.5 Å². The molecule has 0 atom stereocenters. The van der Waals surface area contributed by atoms with E-state index in [1.807, 2.05) is 0 Å². The molecule has 0 saturated carbocycles. The highest BCUT2D eigenvalue weighted by molar-refractivity contribution is 7.99. The SMILES string of the molecule is COCCNCCn1nnnc1SCCC(=O)OC. The van der Waals surface area contributed by atoms with E-state index in [1.54, 1.807) is 11.8 Å². The predicted octanol–water partition coefficient (Wildman–Crippen LogP) is -0.436. The zero-order valence-electron chi connectivity index (χ0n) is 11.2. The average molecular weight is 289 g/mol. The molecule has 0 amide bonds. The fourth-order valence-corrected chi connectivity index (χ4v) is 2.07. The van der Waals surface area contributed by atoms with Crippen molar-refractivity contribution in [3.05, 3.63) is 0 Å². The third-order valence-corrected chi connectivity index (χ3v) is 3.21. The van der Waals surface area contributed by atoms with Gasteiger partial charge in [-0.3, -0.25) is 4.79 Å². The molecular weight excluding hydrogens is 270 g/mol. The maximum absolute atomic E-state index is 11.0. The van der Waals surface area contributed by atoms with Crippen molar-refractivity contribution in [3.8, 4) is 0 Å². The summed E-state index contributed by atoms with van der Waals surface area (Å²) in [5.41, 5.74) is 0. The third-order valence-electron chi connectivity index (χ3n) is 2.25. The number of rotatable bonds is 10. The van der Waals surface area contributed by atoms with E-state index in [9.17, 15) is 4.79 Å². The van der Waals surface area contributed by atoms with Gasteiger partial charge in [-0.15, -0.1) is 5.10 Å². The van der Waals surface area contributed by atoms with Crippen LogP contribution < -0.4 is 5.32 Å². The number of tetrazole rings is 1. The molecule has 0 saturated heterocycles. The van der Waals surface area contributed by atoms with E-state index in [2.05, 4.69) is 25.6 Å². The van der Waals surface area contributed by atoms with Crippen LogP contribution in [0.25, 0.3) is 0 Å². The lowest BCUT2D eigenvalue weighted by molar-refractivity contribution is -0.140. The number of hydrogen-bond acceptors (Lipinski definition) is 8. The van der Waals surface area contributed by atoms with E-state index < -0.39 is 0 Å². The molecule has 19 heavy (non-hydrogen) atoms. The molecule has 0 bridgehead atoms. The van der Waals surface area contributed by atoms with Crippen LogP contribution in [0.15, 0.2) is 5.16 Å². The molecule has 0 aliphatic carbocycles. The molecule has 0 radical (unpaired) electrons. The van der Waals surface area contributed by atoms with Crippen molar-refractivity contribution < 1.29 is 14.3 Å². The lowest BCUT2D eigenvalue weighted by Crippen LogP contribution is -2.24. The fourth-order valence-electron chi connectivity index (χ4n) is 1.25. The van der Waals surface area contributed by atoms with Gasteiger partial charge in [-0.2, -0.15) is 0 Å². The van der Waals surface area contributed by atoms with Gasteiger partial charge >= 0.3 is 5.97 Å². The minimum atomic E-state index is -0.229. The minimum absolute atomic E-state index is 0.229. The lowest BCUT2D eigenvalue weighted by atomic mass is 10.5. The Labute approximate surface area is 116 Å². The second kappa shape index (κ2) is 9.70. The summed E-state index contributed by atoms with van der Waals surface area (Å²) in [5.74, 6) is 0.372. The highest BCUT2D eigenvalue weighted by atomic mass is 32.2. The Morgan fingerprint density at radius 3 is 3.00 bits per heavy atom. The molecule has 0 aliphatic heterocycles. The number of nitrogens with zero attached hydrogens (tertiary/aromatic N) is 4. The maximum atomic E-state index is 11.0. The van der Waals surface area contributed by atoms with E-state index in [1.165, 1.54) is 18.9 Å². The van der Waals surface area contributed by atoms with E-state index in [0.29, 0.717) is 30.5 Å². The number of carbonyl (C=O) groups excluding carboxylic acids is 1. The third kappa shape index (κ3) is 6.50. The molecule has 108 valence electrons. The van der Waals surface area contributed by atoms with Crippen LogP contribution in [-0.2, 0) is 20.8 Å². The Morgan fingerprint density at radius 1 is 1.42 bits per heavy atom. The lowest BCUT2D eigenvalue weighted by Gasteiger charge is -2.05. The molecule has 0 aliphatic rings. The van der Waals surface area contributed by atoms with Gasteiger partial charge in [0, 0.05) is 26.0 Å². The van der Waals surface area contributed by atoms with Crippen molar-refractivity contribution in [1.29, 1.82) is 0 Å². The van der Waals surface area contributed by atoms with Crippen LogP contribution in [0.2, 0.25) is 0 Å². The van der Waals surface area contributed by atoms with Gasteiger partial charge in [0.05, 0.1) is 26.7 Å². The second-order valence-electron chi connectivity index (χ2n) is 3.60. The maximum Gasteiger partial charge on any atom is 0.306 e. The second-order valence-corrected chi connectivity index (χ2v) is 4.66. The van der Waals surface area contributed by atoms with Crippen molar-refractivity contribution in [2.75, 3.05) is 39.7 Å². The number of carbonyl (C=O) groups is 1. The van der Waals surface area contributed by atoms with Crippen molar-refractivity contribution in [3.63, 3.8) is 0 Å². The number of methoxy groups -OCH3 is 2. The van der Waals surface area contributed by atoms with Crippen molar-refractivity contribution in [2.45, 2.75) is 18.1 Å². The first-order valence-corrected chi connectivity index (χ1v) is 6.92. The van der Waals surface area contributed by atoms with Crippen molar-refractivity contribution in [2.24, 2.45) is 0 Å². The molecule has 1 aromatic rings. The zero-order chi connectivity index (χ0) is 13.9. The van der Waals surface area contributed by atoms with Gasteiger partial charge in [-0.05, 0) is 10.4 Å². The number of aromatic nitrogens is 4. The first-order valence-electron chi connectivity index (χ1n) is 5.93. The van der Waals surface area contributed by atoms with Crippen LogP contribution in [0.1, 0.15) is 6.42 Å². The number of nitrogens with one attached hydrogen (secondary N) is 1. The van der Waals surface area contributed by atoms with Crippen LogP contribution in [0.5, 0.6) is 0 Å². The molecule has 1 rings (SSSR count). The number of hydrogen-bond donors (Lipinski definition) is 1. The van der Waals surface area contributed by atoms with Crippen LogP contribution in [0, 0.1) is 0 Å². The standard InChI is InChI=1S/C10H19N5O3S/c1-17-7-5-11-4-6-15-10(12-13-14-15)19-8-3-9(16)18-2/h11H,3-8H2,1-2H3. The Bertz CT molecular complexity index is 374. The number of esters is 1. The summed E-state index contributed by atoms with van der Waals surface area (Å²) in [5, 5.41) is 15.4. The van der Waals surface area contributed by atoms with Crippen LogP contribution in [-0.4, -0.2) is 65.8 Å². The zero-order valence-corrected chi connectivity index (χ0v) is 12.0. The van der Waals surface area contributed by atoms with Gasteiger partial charge < -0.3 is 14.8 Å². The van der Waals surface area contributed by atoms with Crippen molar-refractivity contribution >= 4 is 17.7 Å². The summed E-state index contributed by atoms with van der Waals surface area (Å²) in [6.45, 7) is 2.91. The smallest absolute Gasteiger partial charge is 0.306 e. The molecule has 0 aromatic carbocycles. The summed E-state index contributed by atoms with van der Waals surface area (Å²) in [4.78, 5) is 11.0. The molecular formula is C10H19N5O3S. The molecule has 8 nitrogen and oxygen atoms in total. The van der Waals surface area contributed by atoms with E-state index in [-0.39, 0.29) is 5.97 Å². The quantitative estimate of drug-likeness (QED) is 0.352. The Kier molecular flexibility index (Phi) is 8.10. The Morgan fingerprint density at radius 2 is 2.26 bits per heavy atom. The molecule has 0 spiro atoms. The van der Waals surface area contributed by atoms with Gasteiger partial charge in [0.25, 0.3) is 0 Å². The fraction of sp³-hybridized carbons (Fsp3) is 0.800. The monoisotopic (exact) mass is 289 g/mol. The van der Waals surface area contributed by atoms with Crippen LogP contribution >= 0.6 is 11.8 Å². The van der Waals surface area contributed by atoms with E-state index >= 15 is 0 Å². The predicted molar refractivity (Wildman–Crippen MR) is 69.9 cm³/mol. The van der Waals surface area contributed by atoms with Gasteiger partial charge in [-0.1, -0.05) is 11.8 Å². The highest BCUT2D eigenvalue weighted by Gasteiger charge is 2.08. The summed E-state index contributed by atoms with van der Waals surface area (Å²) >= 11 is 1.44. The first-order chi connectivity index (χ1) is 9.27. The molecule has 1 N–H and O–H groups in total. The topological polar surface area (TPSA) is 91.2 Å². The number of thioether (sulfide) groups is 1. The summed E-state index contributed by atoms with van der Waals surface area (Å²) < 4.78 is 11.2. The normalized spacial score (nSPS) is 10.6. The van der Waals surface area contributed by atoms with Crippen LogP contribution in [0.3, 0.4) is 0 Å². The average Bonchev–Trinajstić information content (AvgIpc) is 2.86. The number of ether oxygens (including phenoxy) is 2.